The molecule has 1 heterocycles. The molecule has 5 nitrogen and oxygen atoms in total. The number of aromatic nitrogens is 2. The van der Waals surface area contributed by atoms with Gasteiger partial charge in [0.1, 0.15) is 10.8 Å². The van der Waals surface area contributed by atoms with Gasteiger partial charge in [-0.05, 0) is 50.2 Å². The van der Waals surface area contributed by atoms with Crippen molar-refractivity contribution in [3.05, 3.63) is 59.7 Å². The Hall–Kier alpha value is -2.73. The predicted molar refractivity (Wildman–Crippen MR) is 100 cm³/mol. The maximum Gasteiger partial charge on any atom is 0.260 e. The Balaban J connectivity index is 1.85. The number of benzene rings is 2. The van der Waals surface area contributed by atoms with E-state index in [-0.39, 0.29) is 5.91 Å². The van der Waals surface area contributed by atoms with E-state index in [9.17, 15) is 4.79 Å². The van der Waals surface area contributed by atoms with E-state index >= 15 is 0 Å². The lowest BCUT2D eigenvalue weighted by atomic mass is 10.1. The average Bonchev–Trinajstić information content (AvgIpc) is 3.12. The summed E-state index contributed by atoms with van der Waals surface area (Å²) in [6.07, 6.45) is 0. The molecule has 3 rings (SSSR count). The molecule has 1 aromatic heterocycles. The Bertz CT molecular complexity index is 857. The fraction of sp³-hybridized carbons (Fsp3) is 0.211. The molecule has 0 aliphatic heterocycles. The molecular weight excluding hydrogens is 334 g/mol. The molecule has 1 amide bonds. The van der Waals surface area contributed by atoms with Gasteiger partial charge in [-0.1, -0.05) is 29.0 Å². The van der Waals surface area contributed by atoms with Crippen LogP contribution in [-0.4, -0.2) is 29.8 Å². The Morgan fingerprint density at radius 2 is 1.76 bits per heavy atom. The molecule has 25 heavy (non-hydrogen) atoms. The zero-order valence-corrected chi connectivity index (χ0v) is 15.2. The number of rotatable bonds is 5. The standard InChI is InChI=1S/C19H19N3O2S/c1-4-22(18(23)15-7-5-13(2)6-8-15)19-21-20-17(25-19)14-9-11-16(24-3)12-10-14/h5-12H,4H2,1-3H3. The van der Waals surface area contributed by atoms with Crippen molar-refractivity contribution in [1.29, 1.82) is 0 Å². The molecule has 3 aromatic rings. The summed E-state index contributed by atoms with van der Waals surface area (Å²) in [7, 11) is 1.63. The average molecular weight is 353 g/mol. The molecule has 0 N–H and O–H groups in total. The number of nitrogens with zero attached hydrogens (tertiary/aromatic N) is 3. The van der Waals surface area contributed by atoms with Crippen LogP contribution in [0.1, 0.15) is 22.8 Å². The summed E-state index contributed by atoms with van der Waals surface area (Å²) in [6.45, 7) is 4.46. The van der Waals surface area contributed by atoms with Crippen molar-refractivity contribution < 1.29 is 9.53 Å². The van der Waals surface area contributed by atoms with E-state index in [0.717, 1.165) is 21.9 Å². The minimum atomic E-state index is -0.0695. The van der Waals surface area contributed by atoms with Crippen LogP contribution in [0, 0.1) is 6.92 Å². The molecular formula is C19H19N3O2S. The second-order valence-corrected chi connectivity index (χ2v) is 6.49. The number of carbonyl (C=O) groups is 1. The molecule has 128 valence electrons. The number of hydrogen-bond donors (Lipinski definition) is 0. The van der Waals surface area contributed by atoms with Gasteiger partial charge in [-0.15, -0.1) is 10.2 Å². The van der Waals surface area contributed by atoms with Crippen LogP contribution in [0.5, 0.6) is 5.75 Å². The highest BCUT2D eigenvalue weighted by Crippen LogP contribution is 2.30. The van der Waals surface area contributed by atoms with Gasteiger partial charge >= 0.3 is 0 Å². The minimum Gasteiger partial charge on any atom is -0.497 e. The molecule has 0 aliphatic rings. The largest absolute Gasteiger partial charge is 0.497 e. The summed E-state index contributed by atoms with van der Waals surface area (Å²) >= 11 is 1.40. The van der Waals surface area contributed by atoms with E-state index in [1.165, 1.54) is 11.3 Å². The van der Waals surface area contributed by atoms with Gasteiger partial charge in [-0.3, -0.25) is 9.69 Å². The SMILES string of the molecule is CCN(C(=O)c1ccc(C)cc1)c1nnc(-c2ccc(OC)cc2)s1. The van der Waals surface area contributed by atoms with E-state index in [4.69, 9.17) is 4.74 Å². The summed E-state index contributed by atoms with van der Waals surface area (Å²) in [6, 6.07) is 15.2. The van der Waals surface area contributed by atoms with Gasteiger partial charge in [-0.25, -0.2) is 0 Å². The maximum absolute atomic E-state index is 12.8. The highest BCUT2D eigenvalue weighted by Gasteiger charge is 2.20. The van der Waals surface area contributed by atoms with Crippen molar-refractivity contribution in [2.24, 2.45) is 0 Å². The van der Waals surface area contributed by atoms with Gasteiger partial charge in [0.15, 0.2) is 0 Å². The smallest absolute Gasteiger partial charge is 0.260 e. The summed E-state index contributed by atoms with van der Waals surface area (Å²) in [5.41, 5.74) is 2.72. The number of carbonyl (C=O) groups excluding carboxylic acids is 1. The Labute approximate surface area is 150 Å². The lowest BCUT2D eigenvalue weighted by molar-refractivity contribution is 0.0988. The quantitative estimate of drug-likeness (QED) is 0.690. The van der Waals surface area contributed by atoms with Gasteiger partial charge in [0.2, 0.25) is 5.13 Å². The summed E-state index contributed by atoms with van der Waals surface area (Å²) in [5.74, 6) is 0.721. The third kappa shape index (κ3) is 3.69. The van der Waals surface area contributed by atoms with Gasteiger partial charge in [0.25, 0.3) is 5.91 Å². The first-order chi connectivity index (χ1) is 12.1. The number of anilines is 1. The number of methoxy groups -OCH3 is 1. The monoisotopic (exact) mass is 353 g/mol. The molecule has 0 aliphatic carbocycles. The fourth-order valence-corrected chi connectivity index (χ4v) is 3.30. The van der Waals surface area contributed by atoms with E-state index < -0.39 is 0 Å². The van der Waals surface area contributed by atoms with Crippen molar-refractivity contribution in [2.75, 3.05) is 18.6 Å². The lowest BCUT2D eigenvalue weighted by Crippen LogP contribution is -2.30. The van der Waals surface area contributed by atoms with E-state index in [1.54, 1.807) is 12.0 Å². The minimum absolute atomic E-state index is 0.0695. The first-order valence-electron chi connectivity index (χ1n) is 7.99. The molecule has 0 radical (unpaired) electrons. The van der Waals surface area contributed by atoms with Crippen LogP contribution in [0.4, 0.5) is 5.13 Å². The lowest BCUT2D eigenvalue weighted by Gasteiger charge is -2.17. The van der Waals surface area contributed by atoms with Crippen molar-refractivity contribution in [1.82, 2.24) is 10.2 Å². The molecule has 2 aromatic carbocycles. The number of amides is 1. The Morgan fingerprint density at radius 3 is 2.36 bits per heavy atom. The molecule has 0 bridgehead atoms. The van der Waals surface area contributed by atoms with Crippen LogP contribution in [0.15, 0.2) is 48.5 Å². The van der Waals surface area contributed by atoms with Crippen LogP contribution in [0.3, 0.4) is 0 Å². The van der Waals surface area contributed by atoms with Crippen molar-refractivity contribution in [3.63, 3.8) is 0 Å². The maximum atomic E-state index is 12.8. The second-order valence-electron chi connectivity index (χ2n) is 5.53. The summed E-state index contributed by atoms with van der Waals surface area (Å²) in [4.78, 5) is 14.4. The Kier molecular flexibility index (Phi) is 5.09. The molecule has 0 saturated carbocycles. The fourth-order valence-electron chi connectivity index (χ4n) is 2.39. The zero-order valence-electron chi connectivity index (χ0n) is 14.4. The van der Waals surface area contributed by atoms with Crippen LogP contribution < -0.4 is 9.64 Å². The topological polar surface area (TPSA) is 55.3 Å². The third-order valence-corrected chi connectivity index (χ3v) is 4.84. The molecule has 0 saturated heterocycles. The van der Waals surface area contributed by atoms with Crippen molar-refractivity contribution >= 4 is 22.4 Å². The molecule has 6 heteroatoms. The number of hydrogen-bond acceptors (Lipinski definition) is 5. The van der Waals surface area contributed by atoms with Crippen molar-refractivity contribution in [3.8, 4) is 16.3 Å². The van der Waals surface area contributed by atoms with Crippen molar-refractivity contribution in [2.45, 2.75) is 13.8 Å². The highest BCUT2D eigenvalue weighted by atomic mass is 32.1. The van der Waals surface area contributed by atoms with Crippen LogP contribution >= 0.6 is 11.3 Å². The van der Waals surface area contributed by atoms with Gasteiger partial charge in [0, 0.05) is 17.7 Å². The first-order valence-corrected chi connectivity index (χ1v) is 8.80. The Morgan fingerprint density at radius 1 is 1.08 bits per heavy atom. The van der Waals surface area contributed by atoms with Gasteiger partial charge < -0.3 is 4.74 Å². The summed E-state index contributed by atoms with van der Waals surface area (Å²) in [5, 5.41) is 9.81. The van der Waals surface area contributed by atoms with E-state index in [0.29, 0.717) is 17.2 Å². The first kappa shape index (κ1) is 17.1. The normalized spacial score (nSPS) is 10.5. The number of ether oxygens (including phenoxy) is 1. The zero-order chi connectivity index (χ0) is 17.8. The summed E-state index contributed by atoms with van der Waals surface area (Å²) < 4.78 is 5.17. The van der Waals surface area contributed by atoms with Crippen LogP contribution in [0.2, 0.25) is 0 Å². The van der Waals surface area contributed by atoms with E-state index in [2.05, 4.69) is 10.2 Å². The molecule has 0 fully saturated rings. The second kappa shape index (κ2) is 7.44. The van der Waals surface area contributed by atoms with Gasteiger partial charge in [0.05, 0.1) is 7.11 Å². The molecule has 0 unspecified atom stereocenters. The van der Waals surface area contributed by atoms with Gasteiger partial charge in [-0.2, -0.15) is 0 Å². The number of aryl methyl sites for hydroxylation is 1. The van der Waals surface area contributed by atoms with Crippen LogP contribution in [0.25, 0.3) is 10.6 Å². The molecule has 0 spiro atoms. The predicted octanol–water partition coefficient (Wildman–Crippen LogP) is 4.19. The van der Waals surface area contributed by atoms with Crippen LogP contribution in [-0.2, 0) is 0 Å². The third-order valence-electron chi connectivity index (χ3n) is 3.84. The molecule has 0 atom stereocenters. The van der Waals surface area contributed by atoms with E-state index in [1.807, 2.05) is 62.4 Å². The highest BCUT2D eigenvalue weighted by molar-refractivity contribution is 7.18.